The van der Waals surface area contributed by atoms with Crippen molar-refractivity contribution in [1.82, 2.24) is 19.8 Å². The highest BCUT2D eigenvalue weighted by Gasteiger charge is 2.36. The lowest BCUT2D eigenvalue weighted by atomic mass is 9.86. The maximum Gasteiger partial charge on any atom is 0.242 e. The number of nitrogens with one attached hydrogen (secondary N) is 2. The third kappa shape index (κ3) is 5.87. The van der Waals surface area contributed by atoms with E-state index in [4.69, 9.17) is 11.6 Å². The van der Waals surface area contributed by atoms with E-state index < -0.39 is 16.1 Å². The normalized spacial score (nSPS) is 27.1. The molecule has 8 nitrogen and oxygen atoms in total. The molecule has 2 unspecified atom stereocenters. The Kier molecular flexibility index (Phi) is 7.02. The molecule has 11 heteroatoms. The summed E-state index contributed by atoms with van der Waals surface area (Å²) in [6.07, 6.45) is 3.66. The number of piperidine rings is 3. The minimum Gasteiger partial charge on any atom is -0.341 e. The van der Waals surface area contributed by atoms with E-state index in [1.165, 1.54) is 22.3 Å². The first-order chi connectivity index (χ1) is 14.8. The molecule has 4 rings (SSSR count). The molecule has 170 valence electrons. The molecule has 31 heavy (non-hydrogen) atoms. The van der Waals surface area contributed by atoms with Gasteiger partial charge in [-0.1, -0.05) is 11.6 Å². The predicted molar refractivity (Wildman–Crippen MR) is 121 cm³/mol. The Labute approximate surface area is 191 Å². The van der Waals surface area contributed by atoms with E-state index in [0.29, 0.717) is 40.4 Å². The number of likely N-dealkylation sites (tertiary alicyclic amines) is 2. The lowest BCUT2D eigenvalue weighted by molar-refractivity contribution is -0.144. The molecule has 3 saturated heterocycles. The second-order valence-electron chi connectivity index (χ2n) is 8.49. The minimum absolute atomic E-state index is 0.00740. The predicted octanol–water partition coefficient (Wildman–Crippen LogP) is 1.35. The van der Waals surface area contributed by atoms with Crippen LogP contribution in [0.5, 0.6) is 0 Å². The van der Waals surface area contributed by atoms with Gasteiger partial charge in [0.2, 0.25) is 21.8 Å². The second kappa shape index (κ2) is 9.58. The number of rotatable bonds is 6. The topological polar surface area (TPSA) is 98.8 Å². The molecule has 0 spiro atoms. The molecule has 3 fully saturated rings. The fourth-order valence-corrected chi connectivity index (χ4v) is 6.66. The highest BCUT2D eigenvalue weighted by atomic mass is 35.5. The van der Waals surface area contributed by atoms with Crippen molar-refractivity contribution in [3.8, 4) is 0 Å². The molecule has 4 heterocycles. The van der Waals surface area contributed by atoms with Crippen LogP contribution in [0, 0.1) is 11.8 Å². The molecular formula is C20H27ClN4O4S2. The van der Waals surface area contributed by atoms with Gasteiger partial charge in [0.05, 0.1) is 10.9 Å². The van der Waals surface area contributed by atoms with Crippen LogP contribution in [0.3, 0.4) is 0 Å². The number of carbonyl (C=O) groups is 2. The Balaban J connectivity index is 1.34. The van der Waals surface area contributed by atoms with Gasteiger partial charge < -0.3 is 15.1 Å². The average Bonchev–Trinajstić information content (AvgIpc) is 3.14. The van der Waals surface area contributed by atoms with Crippen LogP contribution in [0.1, 0.15) is 24.1 Å². The first kappa shape index (κ1) is 22.7. The van der Waals surface area contributed by atoms with Crippen molar-refractivity contribution in [2.45, 2.75) is 25.3 Å². The van der Waals surface area contributed by atoms with Gasteiger partial charge in [0.1, 0.15) is 6.04 Å². The molecule has 2 N–H and O–H groups in total. The van der Waals surface area contributed by atoms with Gasteiger partial charge in [-0.2, -0.15) is 4.72 Å². The Morgan fingerprint density at radius 1 is 1.29 bits per heavy atom. The van der Waals surface area contributed by atoms with Crippen LogP contribution in [-0.2, 0) is 19.6 Å². The van der Waals surface area contributed by atoms with Crippen molar-refractivity contribution in [2.24, 2.45) is 11.8 Å². The Bertz CT molecular complexity index is 952. The van der Waals surface area contributed by atoms with Crippen LogP contribution in [0.25, 0.3) is 6.08 Å². The van der Waals surface area contributed by atoms with Crippen molar-refractivity contribution in [2.75, 3.05) is 39.3 Å². The molecule has 0 aliphatic carbocycles. The molecule has 0 saturated carbocycles. The molecule has 0 aromatic carbocycles. The maximum atomic E-state index is 12.9. The molecule has 3 aliphatic heterocycles. The van der Waals surface area contributed by atoms with Gasteiger partial charge in [-0.15, -0.1) is 11.3 Å². The Hall–Kier alpha value is -1.46. The fraction of sp³-hybridized carbons (Fsp3) is 0.600. The van der Waals surface area contributed by atoms with E-state index >= 15 is 0 Å². The first-order valence-electron chi connectivity index (χ1n) is 10.5. The molecule has 2 bridgehead atoms. The van der Waals surface area contributed by atoms with E-state index in [1.54, 1.807) is 12.1 Å². The summed E-state index contributed by atoms with van der Waals surface area (Å²) in [6, 6.07) is 2.56. The van der Waals surface area contributed by atoms with Crippen molar-refractivity contribution in [3.63, 3.8) is 0 Å². The van der Waals surface area contributed by atoms with Crippen molar-refractivity contribution in [3.05, 3.63) is 26.8 Å². The van der Waals surface area contributed by atoms with Crippen LogP contribution in [0.15, 0.2) is 17.5 Å². The molecule has 3 aliphatic rings. The van der Waals surface area contributed by atoms with Crippen LogP contribution >= 0.6 is 22.9 Å². The summed E-state index contributed by atoms with van der Waals surface area (Å²) < 4.78 is 27.9. The monoisotopic (exact) mass is 486 g/mol. The molecular weight excluding hydrogens is 460 g/mol. The van der Waals surface area contributed by atoms with E-state index in [9.17, 15) is 18.0 Å². The SMILES string of the molecule is O=C(CN1CCC[C@H](NS(=O)(=O)C=Cc2ccc(Cl)s2)C1=O)N1CC2CNCC(C2)C1. The maximum absolute atomic E-state index is 12.9. The molecule has 1 aromatic heterocycles. The number of fused-ring (bicyclic) bond motifs is 2. The number of hydrogen-bond donors (Lipinski definition) is 2. The smallest absolute Gasteiger partial charge is 0.242 e. The third-order valence-electron chi connectivity index (χ3n) is 6.01. The largest absolute Gasteiger partial charge is 0.341 e. The fourth-order valence-electron chi connectivity index (χ4n) is 4.59. The van der Waals surface area contributed by atoms with E-state index in [0.717, 1.165) is 38.0 Å². The number of thiophene rings is 1. The number of halogens is 1. The summed E-state index contributed by atoms with van der Waals surface area (Å²) in [5, 5.41) is 4.45. The van der Waals surface area contributed by atoms with Crippen LogP contribution < -0.4 is 10.0 Å². The lowest BCUT2D eigenvalue weighted by Gasteiger charge is -2.42. The summed E-state index contributed by atoms with van der Waals surface area (Å²) >= 11 is 7.13. The van der Waals surface area contributed by atoms with Gasteiger partial charge in [0, 0.05) is 29.9 Å². The Morgan fingerprint density at radius 3 is 2.71 bits per heavy atom. The standard InChI is InChI=1S/C20H27ClN4O4S2/c21-18-4-3-16(30-18)5-7-31(28,29)23-17-2-1-6-24(20(17)27)13-19(26)25-11-14-8-15(12-25)10-22-9-14/h3-5,7,14-15,17,22-23H,1-2,6,8-13H2/t14?,15?,17-/m0/s1. The summed E-state index contributed by atoms with van der Waals surface area (Å²) in [4.78, 5) is 29.8. The van der Waals surface area contributed by atoms with Crippen LogP contribution in [0.4, 0.5) is 0 Å². The molecule has 2 amide bonds. The van der Waals surface area contributed by atoms with Crippen molar-refractivity contribution >= 4 is 50.9 Å². The third-order valence-corrected chi connectivity index (χ3v) is 8.32. The van der Waals surface area contributed by atoms with Crippen LogP contribution in [0.2, 0.25) is 4.34 Å². The van der Waals surface area contributed by atoms with Crippen molar-refractivity contribution < 1.29 is 18.0 Å². The first-order valence-corrected chi connectivity index (χ1v) is 13.3. The summed E-state index contributed by atoms with van der Waals surface area (Å²) in [5.74, 6) is 0.550. The summed E-state index contributed by atoms with van der Waals surface area (Å²) in [5.41, 5.74) is 0. The molecule has 1 aromatic rings. The summed E-state index contributed by atoms with van der Waals surface area (Å²) in [6.45, 7) is 3.77. The van der Waals surface area contributed by atoms with Gasteiger partial charge in [0.25, 0.3) is 0 Å². The molecule has 3 atom stereocenters. The number of carbonyl (C=O) groups excluding carboxylic acids is 2. The lowest BCUT2D eigenvalue weighted by Crippen LogP contribution is -2.57. The van der Waals surface area contributed by atoms with Gasteiger partial charge in [-0.3, -0.25) is 9.59 Å². The van der Waals surface area contributed by atoms with Crippen LogP contribution in [-0.4, -0.2) is 75.3 Å². The highest BCUT2D eigenvalue weighted by Crippen LogP contribution is 2.25. The van der Waals surface area contributed by atoms with Gasteiger partial charge in [-0.05, 0) is 62.4 Å². The second-order valence-corrected chi connectivity index (χ2v) is 11.8. The zero-order valence-electron chi connectivity index (χ0n) is 17.1. The number of amides is 2. The highest BCUT2D eigenvalue weighted by molar-refractivity contribution is 7.92. The van der Waals surface area contributed by atoms with E-state index in [2.05, 4.69) is 10.0 Å². The Morgan fingerprint density at radius 2 is 2.03 bits per heavy atom. The van der Waals surface area contributed by atoms with Gasteiger partial charge in [0.15, 0.2) is 0 Å². The molecule has 0 radical (unpaired) electrons. The zero-order valence-corrected chi connectivity index (χ0v) is 19.5. The van der Waals surface area contributed by atoms with E-state index in [1.807, 2.05) is 4.90 Å². The van der Waals surface area contributed by atoms with Gasteiger partial charge >= 0.3 is 0 Å². The van der Waals surface area contributed by atoms with E-state index in [-0.39, 0.29) is 18.4 Å². The number of hydrogen-bond acceptors (Lipinski definition) is 6. The minimum atomic E-state index is -3.80. The number of nitrogens with zero attached hydrogens (tertiary/aromatic N) is 2. The van der Waals surface area contributed by atoms with Gasteiger partial charge in [-0.25, -0.2) is 8.42 Å². The zero-order chi connectivity index (χ0) is 22.0. The van der Waals surface area contributed by atoms with Crippen molar-refractivity contribution in [1.29, 1.82) is 0 Å². The summed E-state index contributed by atoms with van der Waals surface area (Å²) in [7, 11) is -3.80. The average molecular weight is 487 g/mol. The number of sulfonamides is 1. The quantitative estimate of drug-likeness (QED) is 0.632.